The third-order valence-electron chi connectivity index (χ3n) is 1.74. The quantitative estimate of drug-likeness (QED) is 0.690. The second-order valence-corrected chi connectivity index (χ2v) is 4.19. The van der Waals surface area contributed by atoms with Crippen LogP contribution >= 0.6 is 0 Å². The third kappa shape index (κ3) is 5.16. The van der Waals surface area contributed by atoms with E-state index in [4.69, 9.17) is 0 Å². The van der Waals surface area contributed by atoms with Crippen LogP contribution in [0.1, 0.15) is 41.0 Å². The van der Waals surface area contributed by atoms with E-state index in [-0.39, 0.29) is 11.8 Å². The molecule has 0 aromatic carbocycles. The van der Waals surface area contributed by atoms with E-state index in [1.807, 2.05) is 13.8 Å². The van der Waals surface area contributed by atoms with Gasteiger partial charge in [-0.3, -0.25) is 4.79 Å². The number of rotatable bonds is 4. The maximum atomic E-state index is 11.2. The summed E-state index contributed by atoms with van der Waals surface area (Å²) in [5.74, 6) is 0.898. The third-order valence-corrected chi connectivity index (χ3v) is 1.74. The molecule has 0 heterocycles. The summed E-state index contributed by atoms with van der Waals surface area (Å²) in [6.07, 6.45) is 1.05. The Bertz CT molecular complexity index is 141. The van der Waals surface area contributed by atoms with Gasteiger partial charge in [-0.05, 0) is 19.3 Å². The molecule has 0 saturated heterocycles. The van der Waals surface area contributed by atoms with Gasteiger partial charge in [0, 0.05) is 12.0 Å². The van der Waals surface area contributed by atoms with Crippen molar-refractivity contribution < 1.29 is 4.79 Å². The van der Waals surface area contributed by atoms with Crippen LogP contribution in [0.4, 0.5) is 0 Å². The molecular formula is C10H21NO. The SMILES string of the molecule is CC(C)C[C@@H](C)NC(=O)C(C)C. The summed E-state index contributed by atoms with van der Waals surface area (Å²) in [5.41, 5.74) is 0. The van der Waals surface area contributed by atoms with Crippen LogP contribution in [0.5, 0.6) is 0 Å². The molecule has 0 rings (SSSR count). The first-order valence-electron chi connectivity index (χ1n) is 4.73. The molecule has 1 N–H and O–H groups in total. The molecule has 0 bridgehead atoms. The molecule has 0 spiro atoms. The van der Waals surface area contributed by atoms with E-state index in [9.17, 15) is 4.79 Å². The monoisotopic (exact) mass is 171 g/mol. The molecule has 1 amide bonds. The Labute approximate surface area is 75.7 Å². The number of amides is 1. The molecule has 12 heavy (non-hydrogen) atoms. The van der Waals surface area contributed by atoms with Crippen molar-refractivity contribution in [2.24, 2.45) is 11.8 Å². The Balaban J connectivity index is 3.69. The summed E-state index contributed by atoms with van der Waals surface area (Å²) in [4.78, 5) is 11.2. The van der Waals surface area contributed by atoms with Gasteiger partial charge < -0.3 is 5.32 Å². The van der Waals surface area contributed by atoms with Gasteiger partial charge in [0.1, 0.15) is 0 Å². The smallest absolute Gasteiger partial charge is 0.222 e. The predicted molar refractivity (Wildman–Crippen MR) is 51.9 cm³/mol. The molecule has 72 valence electrons. The van der Waals surface area contributed by atoms with Crippen LogP contribution in [-0.4, -0.2) is 11.9 Å². The largest absolute Gasteiger partial charge is 0.353 e. The fraction of sp³-hybridized carbons (Fsp3) is 0.900. The van der Waals surface area contributed by atoms with Crippen molar-refractivity contribution in [2.75, 3.05) is 0 Å². The van der Waals surface area contributed by atoms with Crippen molar-refractivity contribution >= 4 is 5.91 Å². The van der Waals surface area contributed by atoms with Crippen LogP contribution in [0.15, 0.2) is 0 Å². The number of nitrogens with one attached hydrogen (secondary N) is 1. The van der Waals surface area contributed by atoms with Gasteiger partial charge in [0.15, 0.2) is 0 Å². The van der Waals surface area contributed by atoms with Crippen molar-refractivity contribution in [2.45, 2.75) is 47.1 Å². The molecule has 0 fully saturated rings. The lowest BCUT2D eigenvalue weighted by molar-refractivity contribution is -0.124. The highest BCUT2D eigenvalue weighted by molar-refractivity contribution is 5.78. The summed E-state index contributed by atoms with van der Waals surface area (Å²) >= 11 is 0. The first-order chi connectivity index (χ1) is 5.43. The van der Waals surface area contributed by atoms with Crippen molar-refractivity contribution in [3.63, 3.8) is 0 Å². The lowest BCUT2D eigenvalue weighted by atomic mass is 10.0. The maximum Gasteiger partial charge on any atom is 0.222 e. The minimum atomic E-state index is 0.0969. The van der Waals surface area contributed by atoms with Crippen LogP contribution in [0.25, 0.3) is 0 Å². The highest BCUT2D eigenvalue weighted by Crippen LogP contribution is 2.04. The Hall–Kier alpha value is -0.530. The van der Waals surface area contributed by atoms with E-state index in [0.717, 1.165) is 6.42 Å². The number of carbonyl (C=O) groups excluding carboxylic acids is 1. The standard InChI is InChI=1S/C10H21NO/c1-7(2)6-9(5)11-10(12)8(3)4/h7-9H,6H2,1-5H3,(H,11,12)/t9-/m1/s1. The summed E-state index contributed by atoms with van der Waals surface area (Å²) in [6.45, 7) is 10.2. The zero-order valence-corrected chi connectivity index (χ0v) is 8.85. The van der Waals surface area contributed by atoms with Crippen LogP contribution in [0, 0.1) is 11.8 Å². The average Bonchev–Trinajstić information content (AvgIpc) is 1.84. The molecule has 2 heteroatoms. The van der Waals surface area contributed by atoms with Crippen LogP contribution < -0.4 is 5.32 Å². The topological polar surface area (TPSA) is 29.1 Å². The van der Waals surface area contributed by atoms with Crippen molar-refractivity contribution in [1.29, 1.82) is 0 Å². The van der Waals surface area contributed by atoms with E-state index in [1.165, 1.54) is 0 Å². The zero-order chi connectivity index (χ0) is 9.72. The van der Waals surface area contributed by atoms with Gasteiger partial charge in [-0.15, -0.1) is 0 Å². The number of hydrogen-bond acceptors (Lipinski definition) is 1. The van der Waals surface area contributed by atoms with E-state index in [0.29, 0.717) is 12.0 Å². The number of carbonyl (C=O) groups is 1. The maximum absolute atomic E-state index is 11.2. The van der Waals surface area contributed by atoms with Gasteiger partial charge in [0.25, 0.3) is 0 Å². The fourth-order valence-electron chi connectivity index (χ4n) is 1.18. The molecular weight excluding hydrogens is 150 g/mol. The van der Waals surface area contributed by atoms with Crippen LogP contribution in [0.3, 0.4) is 0 Å². The Kier molecular flexibility index (Phi) is 4.95. The van der Waals surface area contributed by atoms with E-state index in [1.54, 1.807) is 0 Å². The van der Waals surface area contributed by atoms with E-state index in [2.05, 4.69) is 26.1 Å². The molecule has 0 saturated carbocycles. The van der Waals surface area contributed by atoms with Crippen molar-refractivity contribution in [1.82, 2.24) is 5.32 Å². The van der Waals surface area contributed by atoms with Crippen molar-refractivity contribution in [3.8, 4) is 0 Å². The Morgan fingerprint density at radius 3 is 2.00 bits per heavy atom. The highest BCUT2D eigenvalue weighted by atomic mass is 16.1. The minimum absolute atomic E-state index is 0.0969. The molecule has 0 unspecified atom stereocenters. The summed E-state index contributed by atoms with van der Waals surface area (Å²) in [6, 6.07) is 0.305. The zero-order valence-electron chi connectivity index (χ0n) is 8.85. The molecule has 2 nitrogen and oxygen atoms in total. The Morgan fingerprint density at radius 1 is 1.17 bits per heavy atom. The lowest BCUT2D eigenvalue weighted by Gasteiger charge is -2.17. The van der Waals surface area contributed by atoms with Gasteiger partial charge in [0.05, 0.1) is 0 Å². The molecule has 0 radical (unpaired) electrons. The lowest BCUT2D eigenvalue weighted by Crippen LogP contribution is -2.36. The Morgan fingerprint density at radius 2 is 1.67 bits per heavy atom. The molecule has 0 aromatic heterocycles. The fourth-order valence-corrected chi connectivity index (χ4v) is 1.18. The summed E-state index contributed by atoms with van der Waals surface area (Å²) < 4.78 is 0. The first kappa shape index (κ1) is 11.5. The average molecular weight is 171 g/mol. The van der Waals surface area contributed by atoms with Crippen LogP contribution in [0.2, 0.25) is 0 Å². The minimum Gasteiger partial charge on any atom is -0.353 e. The molecule has 0 aliphatic rings. The normalized spacial score (nSPS) is 13.6. The van der Waals surface area contributed by atoms with Gasteiger partial charge in [0.2, 0.25) is 5.91 Å². The second-order valence-electron chi connectivity index (χ2n) is 4.19. The van der Waals surface area contributed by atoms with Gasteiger partial charge in [-0.25, -0.2) is 0 Å². The molecule has 0 aromatic rings. The van der Waals surface area contributed by atoms with Crippen molar-refractivity contribution in [3.05, 3.63) is 0 Å². The van der Waals surface area contributed by atoms with E-state index < -0.39 is 0 Å². The second kappa shape index (κ2) is 5.18. The molecule has 0 aliphatic carbocycles. The summed E-state index contributed by atoms with van der Waals surface area (Å²) in [5, 5.41) is 2.97. The predicted octanol–water partition coefficient (Wildman–Crippen LogP) is 2.19. The molecule has 0 aliphatic heterocycles. The molecule has 1 atom stereocenters. The first-order valence-corrected chi connectivity index (χ1v) is 4.73. The summed E-state index contributed by atoms with van der Waals surface area (Å²) in [7, 11) is 0. The van der Waals surface area contributed by atoms with Crippen LogP contribution in [-0.2, 0) is 4.79 Å². The number of hydrogen-bond donors (Lipinski definition) is 1. The van der Waals surface area contributed by atoms with E-state index >= 15 is 0 Å². The van der Waals surface area contributed by atoms with Gasteiger partial charge in [-0.1, -0.05) is 27.7 Å². The highest BCUT2D eigenvalue weighted by Gasteiger charge is 2.11. The van der Waals surface area contributed by atoms with Gasteiger partial charge >= 0.3 is 0 Å². The van der Waals surface area contributed by atoms with Gasteiger partial charge in [-0.2, -0.15) is 0 Å².